The first-order valence-corrected chi connectivity index (χ1v) is 9.09. The van der Waals surface area contributed by atoms with Gasteiger partial charge in [0, 0.05) is 23.4 Å². The molecule has 1 amide bonds. The van der Waals surface area contributed by atoms with E-state index in [0.717, 1.165) is 0 Å². The maximum absolute atomic E-state index is 12.4. The number of nitrogens with zero attached hydrogens (tertiary/aromatic N) is 2. The molecule has 0 fully saturated rings. The van der Waals surface area contributed by atoms with Crippen LogP contribution in [-0.2, 0) is 0 Å². The maximum atomic E-state index is 12.4. The average Bonchev–Trinajstić information content (AvgIpc) is 3.13. The van der Waals surface area contributed by atoms with Crippen molar-refractivity contribution in [2.24, 2.45) is 0 Å². The molecule has 4 aromatic rings. The Morgan fingerprint density at radius 3 is 2.66 bits per heavy atom. The fourth-order valence-electron chi connectivity index (χ4n) is 2.75. The first-order valence-electron chi connectivity index (χ1n) is 8.33. The molecule has 4 rings (SSSR count). The molecule has 0 aliphatic heterocycles. The smallest absolute Gasteiger partial charge is 0.270 e. The molecule has 1 heterocycles. The molecular weight excluding hydrogens is 417 g/mol. The van der Waals surface area contributed by atoms with Gasteiger partial charge in [-0.2, -0.15) is 0 Å². The van der Waals surface area contributed by atoms with Gasteiger partial charge in [-0.3, -0.25) is 14.9 Å². The van der Waals surface area contributed by atoms with Crippen molar-refractivity contribution in [1.29, 1.82) is 0 Å². The molecule has 0 unspecified atom stereocenters. The van der Waals surface area contributed by atoms with Crippen LogP contribution in [-0.4, -0.2) is 15.8 Å². The van der Waals surface area contributed by atoms with E-state index in [4.69, 9.17) is 27.6 Å². The number of aromatic nitrogens is 1. The molecule has 3 aromatic carbocycles. The van der Waals surface area contributed by atoms with Crippen LogP contribution < -0.4 is 5.32 Å². The summed E-state index contributed by atoms with van der Waals surface area (Å²) in [6, 6.07) is 15.6. The molecule has 144 valence electrons. The number of halogens is 2. The van der Waals surface area contributed by atoms with E-state index >= 15 is 0 Å². The molecule has 0 bridgehead atoms. The number of oxazole rings is 1. The summed E-state index contributed by atoms with van der Waals surface area (Å²) in [5, 5.41) is 14.3. The highest BCUT2D eigenvalue weighted by Crippen LogP contribution is 2.34. The van der Waals surface area contributed by atoms with Crippen molar-refractivity contribution < 1.29 is 14.1 Å². The third kappa shape index (κ3) is 3.78. The lowest BCUT2D eigenvalue weighted by molar-refractivity contribution is -0.384. The van der Waals surface area contributed by atoms with Crippen molar-refractivity contribution >= 4 is 51.6 Å². The largest absolute Gasteiger partial charge is 0.436 e. The lowest BCUT2D eigenvalue weighted by Crippen LogP contribution is -2.12. The Morgan fingerprint density at radius 2 is 1.86 bits per heavy atom. The molecule has 0 atom stereocenters. The van der Waals surface area contributed by atoms with Crippen LogP contribution in [0, 0.1) is 10.1 Å². The summed E-state index contributed by atoms with van der Waals surface area (Å²) in [5.41, 5.74) is 2.04. The van der Waals surface area contributed by atoms with Crippen molar-refractivity contribution in [3.8, 4) is 11.5 Å². The van der Waals surface area contributed by atoms with Crippen LogP contribution in [0.5, 0.6) is 0 Å². The Hall–Kier alpha value is -3.42. The van der Waals surface area contributed by atoms with Crippen molar-refractivity contribution in [1.82, 2.24) is 4.98 Å². The van der Waals surface area contributed by atoms with Crippen molar-refractivity contribution in [3.05, 3.63) is 86.4 Å². The summed E-state index contributed by atoms with van der Waals surface area (Å²) in [5.74, 6) is -0.177. The fourth-order valence-corrected chi connectivity index (χ4v) is 3.13. The second-order valence-corrected chi connectivity index (χ2v) is 6.85. The van der Waals surface area contributed by atoms with Crippen LogP contribution in [0.25, 0.3) is 22.6 Å². The molecule has 29 heavy (non-hydrogen) atoms. The van der Waals surface area contributed by atoms with Crippen molar-refractivity contribution in [2.45, 2.75) is 0 Å². The first kappa shape index (κ1) is 18.9. The second-order valence-electron chi connectivity index (χ2n) is 6.06. The number of amides is 1. The zero-order valence-electron chi connectivity index (χ0n) is 14.6. The molecule has 0 spiro atoms. The monoisotopic (exact) mass is 427 g/mol. The third-order valence-corrected chi connectivity index (χ3v) is 4.97. The lowest BCUT2D eigenvalue weighted by atomic mass is 10.2. The molecular formula is C20H11Cl2N3O4. The van der Waals surface area contributed by atoms with Crippen LogP contribution in [0.1, 0.15) is 10.4 Å². The molecule has 9 heteroatoms. The minimum Gasteiger partial charge on any atom is -0.436 e. The zero-order valence-corrected chi connectivity index (χ0v) is 16.1. The number of non-ortho nitro benzene ring substituents is 1. The van der Waals surface area contributed by atoms with E-state index in [2.05, 4.69) is 10.3 Å². The van der Waals surface area contributed by atoms with Gasteiger partial charge in [0.15, 0.2) is 5.58 Å². The number of carbonyl (C=O) groups excluding carboxylic acids is 1. The molecule has 0 radical (unpaired) electrons. The number of nitro benzene ring substituents is 1. The molecule has 1 N–H and O–H groups in total. The summed E-state index contributed by atoms with van der Waals surface area (Å²) in [7, 11) is 0. The van der Waals surface area contributed by atoms with E-state index in [9.17, 15) is 14.9 Å². The van der Waals surface area contributed by atoms with Gasteiger partial charge >= 0.3 is 0 Å². The number of hydrogen-bond acceptors (Lipinski definition) is 5. The number of hydrogen-bond donors (Lipinski definition) is 1. The van der Waals surface area contributed by atoms with E-state index in [1.165, 1.54) is 24.3 Å². The Morgan fingerprint density at radius 1 is 1.07 bits per heavy atom. The van der Waals surface area contributed by atoms with Crippen molar-refractivity contribution in [3.63, 3.8) is 0 Å². The van der Waals surface area contributed by atoms with Crippen LogP contribution in [0.3, 0.4) is 0 Å². The van der Waals surface area contributed by atoms with Crippen LogP contribution in [0.4, 0.5) is 11.4 Å². The molecule has 1 aromatic heterocycles. The quantitative estimate of drug-likeness (QED) is 0.319. The lowest BCUT2D eigenvalue weighted by Gasteiger charge is -2.04. The Kier molecular flexibility index (Phi) is 4.92. The third-order valence-electron chi connectivity index (χ3n) is 4.15. The minimum atomic E-state index is -0.555. The van der Waals surface area contributed by atoms with Crippen molar-refractivity contribution in [2.75, 3.05) is 5.32 Å². The van der Waals surface area contributed by atoms with Gasteiger partial charge in [0.1, 0.15) is 5.52 Å². The second kappa shape index (κ2) is 7.54. The fraction of sp³-hybridized carbons (Fsp3) is 0. The van der Waals surface area contributed by atoms with Gasteiger partial charge in [0.05, 0.1) is 20.5 Å². The van der Waals surface area contributed by atoms with Crippen LogP contribution in [0.15, 0.2) is 65.1 Å². The summed E-state index contributed by atoms with van der Waals surface area (Å²) >= 11 is 12.3. The molecule has 7 nitrogen and oxygen atoms in total. The van der Waals surface area contributed by atoms with E-state index in [1.807, 2.05) is 0 Å². The predicted molar refractivity (Wildman–Crippen MR) is 111 cm³/mol. The summed E-state index contributed by atoms with van der Waals surface area (Å²) in [4.78, 5) is 27.2. The SMILES string of the molecule is O=C(Nc1ccc2oc(-c3cccc(Cl)c3Cl)nc2c1)c1cccc([N+](=O)[O-])c1. The zero-order chi connectivity index (χ0) is 20.5. The average molecular weight is 428 g/mol. The Bertz CT molecular complexity index is 1270. The van der Waals surface area contributed by atoms with Gasteiger partial charge < -0.3 is 9.73 Å². The number of rotatable bonds is 4. The molecule has 0 aliphatic carbocycles. The molecule has 0 saturated heterocycles. The van der Waals surface area contributed by atoms with Crippen LogP contribution in [0.2, 0.25) is 10.0 Å². The normalized spacial score (nSPS) is 10.8. The topological polar surface area (TPSA) is 98.3 Å². The van der Waals surface area contributed by atoms with E-state index in [0.29, 0.717) is 38.3 Å². The molecule has 0 saturated carbocycles. The molecule has 0 aliphatic rings. The van der Waals surface area contributed by atoms with Gasteiger partial charge in [0.2, 0.25) is 5.89 Å². The standard InChI is InChI=1S/C20H11Cl2N3O4/c21-15-6-2-5-14(18(15)22)20-24-16-10-12(7-8-17(16)29-20)23-19(26)11-3-1-4-13(9-11)25(27)28/h1-10H,(H,23,26). The van der Waals surface area contributed by atoms with Gasteiger partial charge in [0.25, 0.3) is 11.6 Å². The number of benzene rings is 3. The Labute approximate surface area is 174 Å². The Balaban J connectivity index is 1.63. The highest BCUT2D eigenvalue weighted by Gasteiger charge is 2.15. The predicted octanol–water partition coefficient (Wildman–Crippen LogP) is 5.96. The van der Waals surface area contributed by atoms with E-state index in [1.54, 1.807) is 36.4 Å². The maximum Gasteiger partial charge on any atom is 0.270 e. The summed E-state index contributed by atoms with van der Waals surface area (Å²) in [6.45, 7) is 0. The number of nitrogens with one attached hydrogen (secondary N) is 1. The minimum absolute atomic E-state index is 0.160. The number of fused-ring (bicyclic) bond motifs is 1. The van der Waals surface area contributed by atoms with Crippen LogP contribution >= 0.6 is 23.2 Å². The van der Waals surface area contributed by atoms with E-state index in [-0.39, 0.29) is 11.3 Å². The van der Waals surface area contributed by atoms with Gasteiger partial charge in [-0.15, -0.1) is 0 Å². The summed E-state index contributed by atoms with van der Waals surface area (Å²) in [6.07, 6.45) is 0. The number of carbonyl (C=O) groups is 1. The van der Waals surface area contributed by atoms with Gasteiger partial charge in [-0.25, -0.2) is 4.98 Å². The highest BCUT2D eigenvalue weighted by molar-refractivity contribution is 6.43. The number of anilines is 1. The van der Waals surface area contributed by atoms with E-state index < -0.39 is 10.8 Å². The highest BCUT2D eigenvalue weighted by atomic mass is 35.5. The van der Waals surface area contributed by atoms with Gasteiger partial charge in [-0.1, -0.05) is 35.3 Å². The van der Waals surface area contributed by atoms with Gasteiger partial charge in [-0.05, 0) is 36.4 Å². The summed E-state index contributed by atoms with van der Waals surface area (Å²) < 4.78 is 5.73. The number of nitro groups is 1. The first-order chi connectivity index (χ1) is 13.9.